The van der Waals surface area contributed by atoms with Crippen LogP contribution in [0.3, 0.4) is 0 Å². The first-order chi connectivity index (χ1) is 13.5. The first-order valence-corrected chi connectivity index (χ1v) is 10.7. The normalized spacial score (nSPS) is 13.1. The molecule has 3 aromatic rings. The predicted octanol–water partition coefficient (Wildman–Crippen LogP) is 2.18. The first kappa shape index (κ1) is 20.2. The molecule has 8 nitrogen and oxygen atoms in total. The van der Waals surface area contributed by atoms with E-state index in [9.17, 15) is 8.42 Å². The predicted molar refractivity (Wildman–Crippen MR) is 103 cm³/mol. The van der Waals surface area contributed by atoms with E-state index in [0.717, 1.165) is 5.56 Å². The minimum absolute atomic E-state index is 0.101. The largest absolute Gasteiger partial charge is 0.459 e. The van der Waals surface area contributed by atoms with Crippen molar-refractivity contribution in [3.05, 3.63) is 54.1 Å². The maximum absolute atomic E-state index is 12.6. The Hall–Kier alpha value is -2.49. The second-order valence-corrected chi connectivity index (χ2v) is 8.30. The second-order valence-electron chi connectivity index (χ2n) is 6.37. The number of benzene rings is 1. The van der Waals surface area contributed by atoms with Gasteiger partial charge in [-0.2, -0.15) is 4.31 Å². The van der Waals surface area contributed by atoms with Gasteiger partial charge in [0.2, 0.25) is 10.0 Å². The van der Waals surface area contributed by atoms with Gasteiger partial charge in [-0.3, -0.25) is 0 Å². The molecule has 0 aliphatic carbocycles. The second kappa shape index (κ2) is 8.68. The molecule has 2 aromatic heterocycles. The molecule has 9 heteroatoms. The van der Waals surface area contributed by atoms with Crippen LogP contribution in [0.4, 0.5) is 0 Å². The standard InChI is InChI=1S/C19H24N4O4S/c1-4-23(5-2)28(24,25)16-10-8-15(9-11-16)14(3)20-13-18-21-22-19(27-18)17-7-6-12-26-17/h6-12,14,20H,4-5,13H2,1-3H3/p+1/t14-/m0/s1. The van der Waals surface area contributed by atoms with E-state index >= 15 is 0 Å². The van der Waals surface area contributed by atoms with Crippen molar-refractivity contribution in [2.45, 2.75) is 38.3 Å². The monoisotopic (exact) mass is 405 g/mol. The summed E-state index contributed by atoms with van der Waals surface area (Å²) in [6.45, 7) is 7.12. The number of nitrogens with zero attached hydrogens (tertiary/aromatic N) is 3. The van der Waals surface area contributed by atoms with Gasteiger partial charge in [-0.25, -0.2) is 8.42 Å². The first-order valence-electron chi connectivity index (χ1n) is 9.25. The molecule has 3 rings (SSSR count). The molecule has 0 spiro atoms. The SMILES string of the molecule is CCN(CC)S(=O)(=O)c1ccc([C@H](C)[NH2+]Cc2nnc(-c3ccco3)o2)cc1. The highest BCUT2D eigenvalue weighted by molar-refractivity contribution is 7.89. The molecule has 0 aliphatic rings. The highest BCUT2D eigenvalue weighted by Gasteiger charge is 2.22. The topological polar surface area (TPSA) is 106 Å². The molecule has 0 aliphatic heterocycles. The van der Waals surface area contributed by atoms with Gasteiger partial charge in [-0.15, -0.1) is 10.2 Å². The molecule has 0 amide bonds. The zero-order chi connectivity index (χ0) is 20.1. The van der Waals surface area contributed by atoms with Crippen LogP contribution in [0.1, 0.15) is 38.3 Å². The highest BCUT2D eigenvalue weighted by Crippen LogP contribution is 2.19. The summed E-state index contributed by atoms with van der Waals surface area (Å²) in [6, 6.07) is 10.6. The number of quaternary nitrogens is 1. The summed E-state index contributed by atoms with van der Waals surface area (Å²) in [5, 5.41) is 10.1. The Labute approximate surface area is 164 Å². The molecule has 0 saturated heterocycles. The summed E-state index contributed by atoms with van der Waals surface area (Å²) in [4.78, 5) is 0.312. The molecule has 1 aromatic carbocycles. The highest BCUT2D eigenvalue weighted by atomic mass is 32.2. The van der Waals surface area contributed by atoms with Crippen LogP contribution in [0.2, 0.25) is 0 Å². The van der Waals surface area contributed by atoms with E-state index in [2.05, 4.69) is 10.2 Å². The number of aromatic nitrogens is 2. The van der Waals surface area contributed by atoms with Gasteiger partial charge in [0.05, 0.1) is 11.2 Å². The van der Waals surface area contributed by atoms with Gasteiger partial charge < -0.3 is 14.2 Å². The van der Waals surface area contributed by atoms with Crippen molar-refractivity contribution in [3.63, 3.8) is 0 Å². The summed E-state index contributed by atoms with van der Waals surface area (Å²) in [5.74, 6) is 1.39. The quantitative estimate of drug-likeness (QED) is 0.585. The van der Waals surface area contributed by atoms with Crippen molar-refractivity contribution in [1.29, 1.82) is 0 Å². The summed E-state index contributed by atoms with van der Waals surface area (Å²) in [6.07, 6.45) is 1.55. The van der Waals surface area contributed by atoms with Crippen LogP contribution in [-0.2, 0) is 16.6 Å². The minimum atomic E-state index is -3.44. The van der Waals surface area contributed by atoms with Crippen molar-refractivity contribution in [2.24, 2.45) is 0 Å². The third-order valence-corrected chi connectivity index (χ3v) is 6.66. The molecule has 28 heavy (non-hydrogen) atoms. The van der Waals surface area contributed by atoms with Crippen molar-refractivity contribution in [1.82, 2.24) is 14.5 Å². The average Bonchev–Trinajstić information content (AvgIpc) is 3.38. The number of hydrogen-bond donors (Lipinski definition) is 1. The third-order valence-electron chi connectivity index (χ3n) is 4.59. The van der Waals surface area contributed by atoms with Gasteiger partial charge in [0.25, 0.3) is 11.8 Å². The van der Waals surface area contributed by atoms with Crippen molar-refractivity contribution >= 4 is 10.0 Å². The fraction of sp³-hybridized carbons (Fsp3) is 0.368. The van der Waals surface area contributed by atoms with E-state index in [1.807, 2.05) is 38.2 Å². The van der Waals surface area contributed by atoms with E-state index < -0.39 is 10.0 Å². The van der Waals surface area contributed by atoms with Gasteiger partial charge in [0.1, 0.15) is 6.04 Å². The summed E-state index contributed by atoms with van der Waals surface area (Å²) < 4.78 is 37.4. The molecule has 0 radical (unpaired) electrons. The molecule has 2 heterocycles. The Bertz CT molecular complexity index is 977. The Kier molecular flexibility index (Phi) is 6.28. The zero-order valence-corrected chi connectivity index (χ0v) is 17.0. The fourth-order valence-corrected chi connectivity index (χ4v) is 4.36. The van der Waals surface area contributed by atoms with Gasteiger partial charge in [-0.1, -0.05) is 26.0 Å². The lowest BCUT2D eigenvalue weighted by Gasteiger charge is -2.18. The van der Waals surface area contributed by atoms with E-state index in [1.165, 1.54) is 4.31 Å². The van der Waals surface area contributed by atoms with Gasteiger partial charge in [0.15, 0.2) is 12.3 Å². The van der Waals surface area contributed by atoms with Gasteiger partial charge in [-0.05, 0) is 31.2 Å². The van der Waals surface area contributed by atoms with E-state index in [-0.39, 0.29) is 6.04 Å². The molecule has 2 N–H and O–H groups in total. The minimum Gasteiger partial charge on any atom is -0.459 e. The van der Waals surface area contributed by atoms with Crippen LogP contribution in [0.25, 0.3) is 11.7 Å². The number of sulfonamides is 1. The lowest BCUT2D eigenvalue weighted by atomic mass is 10.1. The lowest BCUT2D eigenvalue weighted by Crippen LogP contribution is -2.83. The average molecular weight is 406 g/mol. The summed E-state index contributed by atoms with van der Waals surface area (Å²) in [5.41, 5.74) is 1.02. The van der Waals surface area contributed by atoms with Crippen molar-refractivity contribution < 1.29 is 22.6 Å². The molecule has 0 unspecified atom stereocenters. The zero-order valence-electron chi connectivity index (χ0n) is 16.2. The molecule has 0 bridgehead atoms. The van der Waals surface area contributed by atoms with Crippen LogP contribution >= 0.6 is 0 Å². The molecule has 0 fully saturated rings. The summed E-state index contributed by atoms with van der Waals surface area (Å²) in [7, 11) is -3.44. The van der Waals surface area contributed by atoms with Gasteiger partial charge >= 0.3 is 0 Å². The van der Waals surface area contributed by atoms with Crippen molar-refractivity contribution in [2.75, 3.05) is 13.1 Å². The Morgan fingerprint density at radius 1 is 1.11 bits per heavy atom. The summed E-state index contributed by atoms with van der Waals surface area (Å²) >= 11 is 0. The lowest BCUT2D eigenvalue weighted by molar-refractivity contribution is -0.709. The van der Waals surface area contributed by atoms with Crippen LogP contribution < -0.4 is 5.32 Å². The molecular weight excluding hydrogens is 380 g/mol. The Morgan fingerprint density at radius 3 is 2.43 bits per heavy atom. The Morgan fingerprint density at radius 2 is 1.82 bits per heavy atom. The van der Waals surface area contributed by atoms with Crippen LogP contribution in [0.5, 0.6) is 0 Å². The third kappa shape index (κ3) is 4.32. The Balaban J connectivity index is 1.63. The number of hydrogen-bond acceptors (Lipinski definition) is 6. The maximum Gasteiger partial charge on any atom is 0.283 e. The molecule has 0 saturated carbocycles. The molecule has 150 valence electrons. The maximum atomic E-state index is 12.6. The smallest absolute Gasteiger partial charge is 0.283 e. The van der Waals surface area contributed by atoms with Crippen LogP contribution in [0, 0.1) is 0 Å². The van der Waals surface area contributed by atoms with E-state index in [1.54, 1.807) is 30.5 Å². The van der Waals surface area contributed by atoms with E-state index in [0.29, 0.717) is 42.1 Å². The number of nitrogens with two attached hydrogens (primary N) is 1. The van der Waals surface area contributed by atoms with Crippen molar-refractivity contribution in [3.8, 4) is 11.7 Å². The van der Waals surface area contributed by atoms with Crippen LogP contribution in [-0.4, -0.2) is 36.0 Å². The molecular formula is C19H25N4O4S+. The number of rotatable bonds is 9. The fourth-order valence-electron chi connectivity index (χ4n) is 2.91. The van der Waals surface area contributed by atoms with Crippen LogP contribution in [0.15, 0.2) is 56.4 Å². The number of furan rings is 1. The molecule has 1 atom stereocenters. The van der Waals surface area contributed by atoms with E-state index in [4.69, 9.17) is 8.83 Å². The van der Waals surface area contributed by atoms with Gasteiger partial charge in [0, 0.05) is 18.7 Å².